The van der Waals surface area contributed by atoms with Gasteiger partial charge >= 0.3 is 0 Å². The van der Waals surface area contributed by atoms with Crippen molar-refractivity contribution in [2.24, 2.45) is 5.92 Å². The number of hydrogen-bond donors (Lipinski definition) is 0. The Morgan fingerprint density at radius 3 is 3.27 bits per heavy atom. The summed E-state index contributed by atoms with van der Waals surface area (Å²) in [6.45, 7) is 1.08. The lowest BCUT2D eigenvalue weighted by molar-refractivity contribution is -0.129. The van der Waals surface area contributed by atoms with Crippen LogP contribution in [0.4, 0.5) is 0 Å². The normalized spacial score (nSPS) is 24.2. The second-order valence-electron chi connectivity index (χ2n) is 2.90. The molecule has 0 spiro atoms. The van der Waals surface area contributed by atoms with Crippen LogP contribution in [0, 0.1) is 5.92 Å². The predicted octanol–water partition coefficient (Wildman–Crippen LogP) is 1.91. The SMILES string of the molecule is O=COCC1C=CCCCC1. The van der Waals surface area contributed by atoms with E-state index in [9.17, 15) is 4.79 Å². The van der Waals surface area contributed by atoms with E-state index in [1.807, 2.05) is 0 Å². The molecule has 1 unspecified atom stereocenters. The number of carbonyl (C=O) groups excluding carboxylic acids is 1. The number of allylic oxidation sites excluding steroid dienone is 1. The number of rotatable bonds is 3. The van der Waals surface area contributed by atoms with Gasteiger partial charge in [0.25, 0.3) is 6.47 Å². The van der Waals surface area contributed by atoms with Crippen LogP contribution in [0.25, 0.3) is 0 Å². The van der Waals surface area contributed by atoms with Crippen LogP contribution in [0.5, 0.6) is 0 Å². The summed E-state index contributed by atoms with van der Waals surface area (Å²) in [6.07, 6.45) is 9.21. The Bertz CT molecular complexity index is 140. The smallest absolute Gasteiger partial charge is 0.293 e. The standard InChI is InChI=1S/C9H14O2/c10-8-11-7-9-5-3-1-2-4-6-9/h3,5,8-9H,1-2,4,6-7H2. The number of carbonyl (C=O) groups is 1. The Balaban J connectivity index is 2.24. The molecule has 2 nitrogen and oxygen atoms in total. The average molecular weight is 154 g/mol. The zero-order valence-electron chi connectivity index (χ0n) is 6.66. The van der Waals surface area contributed by atoms with Crippen molar-refractivity contribution in [2.45, 2.75) is 25.7 Å². The van der Waals surface area contributed by atoms with Crippen LogP contribution in [0.3, 0.4) is 0 Å². The van der Waals surface area contributed by atoms with Crippen molar-refractivity contribution < 1.29 is 9.53 Å². The Hall–Kier alpha value is -0.790. The lowest BCUT2D eigenvalue weighted by Crippen LogP contribution is -2.05. The Labute approximate surface area is 67.2 Å². The lowest BCUT2D eigenvalue weighted by atomic mass is 10.1. The summed E-state index contributed by atoms with van der Waals surface area (Å²) in [7, 11) is 0. The minimum absolute atomic E-state index is 0.461. The van der Waals surface area contributed by atoms with Crippen molar-refractivity contribution >= 4 is 6.47 Å². The Morgan fingerprint density at radius 2 is 2.45 bits per heavy atom. The fourth-order valence-corrected chi connectivity index (χ4v) is 1.36. The van der Waals surface area contributed by atoms with E-state index in [1.54, 1.807) is 0 Å². The highest BCUT2D eigenvalue weighted by atomic mass is 16.5. The van der Waals surface area contributed by atoms with E-state index in [0.29, 0.717) is 19.0 Å². The zero-order chi connectivity index (χ0) is 7.94. The molecule has 0 fully saturated rings. The van der Waals surface area contributed by atoms with Crippen molar-refractivity contribution in [3.05, 3.63) is 12.2 Å². The van der Waals surface area contributed by atoms with Gasteiger partial charge in [-0.25, -0.2) is 0 Å². The molecule has 62 valence electrons. The quantitative estimate of drug-likeness (QED) is 0.458. The van der Waals surface area contributed by atoms with Crippen LogP contribution in [0.2, 0.25) is 0 Å². The van der Waals surface area contributed by atoms with Gasteiger partial charge < -0.3 is 4.74 Å². The van der Waals surface area contributed by atoms with Crippen LogP contribution in [0.1, 0.15) is 25.7 Å². The third-order valence-electron chi connectivity index (χ3n) is 1.98. The lowest BCUT2D eigenvalue weighted by Gasteiger charge is -2.07. The highest BCUT2D eigenvalue weighted by Gasteiger charge is 2.06. The van der Waals surface area contributed by atoms with Gasteiger partial charge in [0, 0.05) is 5.92 Å². The molecule has 2 heteroatoms. The summed E-state index contributed by atoms with van der Waals surface area (Å²) < 4.78 is 4.70. The third kappa shape index (κ3) is 3.21. The molecule has 1 aliphatic carbocycles. The molecule has 0 aliphatic heterocycles. The summed E-state index contributed by atoms with van der Waals surface area (Å²) in [4.78, 5) is 9.89. The Kier molecular flexibility index (Phi) is 3.73. The topological polar surface area (TPSA) is 26.3 Å². The van der Waals surface area contributed by atoms with E-state index in [0.717, 1.165) is 6.42 Å². The van der Waals surface area contributed by atoms with Crippen molar-refractivity contribution in [1.29, 1.82) is 0 Å². The molecule has 0 aromatic carbocycles. The summed E-state index contributed by atoms with van der Waals surface area (Å²) in [5, 5.41) is 0. The fraction of sp³-hybridized carbons (Fsp3) is 0.667. The molecule has 0 radical (unpaired) electrons. The first-order valence-electron chi connectivity index (χ1n) is 4.15. The molecule has 0 saturated heterocycles. The summed E-state index contributed by atoms with van der Waals surface area (Å²) in [5.41, 5.74) is 0. The van der Waals surface area contributed by atoms with Crippen LogP contribution in [0.15, 0.2) is 12.2 Å². The highest BCUT2D eigenvalue weighted by molar-refractivity contribution is 5.36. The maximum atomic E-state index is 9.89. The fourth-order valence-electron chi connectivity index (χ4n) is 1.36. The second-order valence-corrected chi connectivity index (χ2v) is 2.90. The zero-order valence-corrected chi connectivity index (χ0v) is 6.66. The molecular weight excluding hydrogens is 140 g/mol. The average Bonchev–Trinajstić information content (AvgIpc) is 2.28. The van der Waals surface area contributed by atoms with E-state index in [-0.39, 0.29) is 0 Å². The first kappa shape index (κ1) is 8.31. The molecule has 11 heavy (non-hydrogen) atoms. The van der Waals surface area contributed by atoms with Crippen LogP contribution in [-0.2, 0) is 9.53 Å². The molecule has 0 aromatic rings. The Morgan fingerprint density at radius 1 is 1.55 bits per heavy atom. The van der Waals surface area contributed by atoms with Crippen molar-refractivity contribution in [3.8, 4) is 0 Å². The molecule has 0 saturated carbocycles. The molecule has 1 aliphatic rings. The summed E-state index contributed by atoms with van der Waals surface area (Å²) in [5.74, 6) is 0.461. The number of ether oxygens (including phenoxy) is 1. The van der Waals surface area contributed by atoms with Gasteiger partial charge in [0.2, 0.25) is 0 Å². The first-order chi connectivity index (χ1) is 5.43. The predicted molar refractivity (Wildman–Crippen MR) is 43.1 cm³/mol. The van der Waals surface area contributed by atoms with Gasteiger partial charge in [-0.1, -0.05) is 18.6 Å². The van der Waals surface area contributed by atoms with Crippen molar-refractivity contribution in [3.63, 3.8) is 0 Å². The second kappa shape index (κ2) is 4.94. The van der Waals surface area contributed by atoms with Crippen molar-refractivity contribution in [1.82, 2.24) is 0 Å². The van der Waals surface area contributed by atoms with Crippen molar-refractivity contribution in [2.75, 3.05) is 6.61 Å². The van der Waals surface area contributed by atoms with Gasteiger partial charge in [-0.2, -0.15) is 0 Å². The van der Waals surface area contributed by atoms with Gasteiger partial charge in [0.05, 0.1) is 6.61 Å². The molecule has 0 amide bonds. The van der Waals surface area contributed by atoms with Gasteiger partial charge in [-0.3, -0.25) is 4.79 Å². The molecule has 1 atom stereocenters. The summed E-state index contributed by atoms with van der Waals surface area (Å²) in [6, 6.07) is 0. The van der Waals surface area contributed by atoms with Crippen LogP contribution in [-0.4, -0.2) is 13.1 Å². The van der Waals surface area contributed by atoms with Gasteiger partial charge in [-0.05, 0) is 19.3 Å². The highest BCUT2D eigenvalue weighted by Crippen LogP contribution is 2.16. The van der Waals surface area contributed by atoms with E-state index >= 15 is 0 Å². The van der Waals surface area contributed by atoms with Crippen LogP contribution < -0.4 is 0 Å². The molecule has 0 heterocycles. The largest absolute Gasteiger partial charge is 0.467 e. The van der Waals surface area contributed by atoms with Crippen LogP contribution >= 0.6 is 0 Å². The third-order valence-corrected chi connectivity index (χ3v) is 1.98. The monoisotopic (exact) mass is 154 g/mol. The minimum atomic E-state index is 0.461. The molecule has 0 N–H and O–H groups in total. The molecule has 1 rings (SSSR count). The summed E-state index contributed by atoms with van der Waals surface area (Å²) >= 11 is 0. The van der Waals surface area contributed by atoms with E-state index in [2.05, 4.69) is 12.2 Å². The minimum Gasteiger partial charge on any atom is -0.467 e. The maximum absolute atomic E-state index is 9.89. The van der Waals surface area contributed by atoms with E-state index in [4.69, 9.17) is 4.74 Å². The van der Waals surface area contributed by atoms with Gasteiger partial charge in [0.1, 0.15) is 0 Å². The number of hydrogen-bond acceptors (Lipinski definition) is 2. The van der Waals surface area contributed by atoms with E-state index < -0.39 is 0 Å². The van der Waals surface area contributed by atoms with E-state index in [1.165, 1.54) is 19.3 Å². The first-order valence-corrected chi connectivity index (χ1v) is 4.15. The molecule has 0 aromatic heterocycles. The molecule has 0 bridgehead atoms. The molecular formula is C9H14O2. The van der Waals surface area contributed by atoms with Gasteiger partial charge in [-0.15, -0.1) is 0 Å². The maximum Gasteiger partial charge on any atom is 0.293 e. The van der Waals surface area contributed by atoms with Gasteiger partial charge in [0.15, 0.2) is 0 Å².